The molecule has 0 aromatic heterocycles. The zero-order valence-electron chi connectivity index (χ0n) is 12.3. The van der Waals surface area contributed by atoms with Crippen LogP contribution in [0.4, 0.5) is 5.69 Å². The molecule has 0 amide bonds. The van der Waals surface area contributed by atoms with Crippen molar-refractivity contribution in [1.82, 2.24) is 4.90 Å². The first kappa shape index (κ1) is 14.5. The van der Waals surface area contributed by atoms with Gasteiger partial charge in [-0.3, -0.25) is 0 Å². The van der Waals surface area contributed by atoms with Crippen LogP contribution in [0.25, 0.3) is 0 Å². The number of nitrogens with two attached hydrogens (primary N) is 1. The van der Waals surface area contributed by atoms with E-state index in [0.29, 0.717) is 6.04 Å². The Morgan fingerprint density at radius 1 is 1.10 bits per heavy atom. The second kappa shape index (κ2) is 6.56. The van der Waals surface area contributed by atoms with Crippen molar-refractivity contribution in [2.45, 2.75) is 31.7 Å². The van der Waals surface area contributed by atoms with E-state index in [0.717, 1.165) is 42.8 Å². The molecular weight excluding hydrogens is 284 g/mol. The molecule has 1 aliphatic heterocycles. The topological polar surface area (TPSA) is 44.9 Å². The molecule has 21 heavy (non-hydrogen) atoms. The number of anilines is 1. The molecule has 1 saturated carbocycles. The Labute approximate surface area is 131 Å². The average molecular weight is 307 g/mol. The molecule has 1 saturated heterocycles. The van der Waals surface area contributed by atoms with E-state index in [1.165, 1.54) is 25.7 Å². The Kier molecular flexibility index (Phi) is 4.54. The van der Waals surface area contributed by atoms with E-state index in [1.807, 2.05) is 18.2 Å². The van der Waals surface area contributed by atoms with Crippen molar-refractivity contribution in [2.24, 2.45) is 10.7 Å². The molecule has 0 atom stereocenters. The molecule has 1 aromatic rings. The monoisotopic (exact) mass is 306 g/mol. The summed E-state index contributed by atoms with van der Waals surface area (Å²) in [6.07, 6.45) is 4.98. The van der Waals surface area contributed by atoms with Gasteiger partial charge in [0.1, 0.15) is 0 Å². The second-order valence-corrected chi connectivity index (χ2v) is 6.26. The third-order valence-electron chi connectivity index (χ3n) is 4.44. The van der Waals surface area contributed by atoms with Crippen molar-refractivity contribution >= 4 is 23.2 Å². The molecular formula is C16H23ClN4. The van der Waals surface area contributed by atoms with Crippen LogP contribution in [0.2, 0.25) is 5.02 Å². The first-order valence-electron chi connectivity index (χ1n) is 7.82. The molecule has 0 spiro atoms. The minimum Gasteiger partial charge on any atom is -0.370 e. The minimum atomic E-state index is 0.451. The van der Waals surface area contributed by atoms with Gasteiger partial charge in [0.2, 0.25) is 0 Å². The largest absolute Gasteiger partial charge is 0.370 e. The molecule has 4 nitrogen and oxygen atoms in total. The predicted octanol–water partition coefficient (Wildman–Crippen LogP) is 2.72. The molecule has 2 N–H and O–H groups in total. The molecule has 1 aliphatic carbocycles. The first-order valence-corrected chi connectivity index (χ1v) is 8.19. The van der Waals surface area contributed by atoms with E-state index in [1.54, 1.807) is 0 Å². The van der Waals surface area contributed by atoms with Gasteiger partial charge in [0, 0.05) is 26.2 Å². The molecule has 1 heterocycles. The van der Waals surface area contributed by atoms with Crippen molar-refractivity contribution in [2.75, 3.05) is 31.1 Å². The second-order valence-electron chi connectivity index (χ2n) is 5.85. The highest BCUT2D eigenvalue weighted by Crippen LogP contribution is 2.26. The van der Waals surface area contributed by atoms with Crippen LogP contribution in [-0.4, -0.2) is 43.1 Å². The normalized spacial score (nSPS) is 21.1. The maximum Gasteiger partial charge on any atom is 0.191 e. The lowest BCUT2D eigenvalue weighted by Gasteiger charge is -2.37. The third-order valence-corrected chi connectivity index (χ3v) is 4.76. The summed E-state index contributed by atoms with van der Waals surface area (Å²) in [6.45, 7) is 3.69. The minimum absolute atomic E-state index is 0.451. The van der Waals surface area contributed by atoms with Crippen LogP contribution in [-0.2, 0) is 0 Å². The number of piperazine rings is 1. The number of hydrogen-bond acceptors (Lipinski definition) is 2. The van der Waals surface area contributed by atoms with Gasteiger partial charge in [-0.1, -0.05) is 36.6 Å². The van der Waals surface area contributed by atoms with Gasteiger partial charge >= 0.3 is 0 Å². The SMILES string of the molecule is NC(=NC1CCCC1)N1CCN(c2ccccc2Cl)CC1. The van der Waals surface area contributed by atoms with Crippen LogP contribution in [0.15, 0.2) is 29.3 Å². The molecule has 1 aromatic carbocycles. The number of aliphatic imine (C=N–C) groups is 1. The summed E-state index contributed by atoms with van der Waals surface area (Å²) in [5, 5.41) is 0.818. The van der Waals surface area contributed by atoms with Crippen molar-refractivity contribution in [3.8, 4) is 0 Å². The third kappa shape index (κ3) is 3.43. The standard InChI is InChI=1S/C16H23ClN4/c17-14-7-3-4-8-15(14)20-9-11-21(12-10-20)16(18)19-13-5-1-2-6-13/h3-4,7-8,13H,1-2,5-6,9-12H2,(H2,18,19). The number of para-hydroxylation sites is 1. The molecule has 2 aliphatic rings. The Morgan fingerprint density at radius 2 is 1.76 bits per heavy atom. The van der Waals surface area contributed by atoms with E-state index in [2.05, 4.69) is 15.9 Å². The summed E-state index contributed by atoms with van der Waals surface area (Å²) >= 11 is 6.27. The van der Waals surface area contributed by atoms with Crippen LogP contribution >= 0.6 is 11.6 Å². The van der Waals surface area contributed by atoms with Crippen molar-refractivity contribution in [3.63, 3.8) is 0 Å². The summed E-state index contributed by atoms with van der Waals surface area (Å²) in [4.78, 5) is 9.21. The van der Waals surface area contributed by atoms with Crippen molar-refractivity contribution in [1.29, 1.82) is 0 Å². The molecule has 0 bridgehead atoms. The van der Waals surface area contributed by atoms with Gasteiger partial charge in [0.25, 0.3) is 0 Å². The number of rotatable bonds is 2. The van der Waals surface area contributed by atoms with Crippen molar-refractivity contribution < 1.29 is 0 Å². The number of nitrogens with zero attached hydrogens (tertiary/aromatic N) is 3. The zero-order valence-corrected chi connectivity index (χ0v) is 13.1. The van der Waals surface area contributed by atoms with E-state index in [9.17, 15) is 0 Å². The summed E-state index contributed by atoms with van der Waals surface area (Å²) in [5.41, 5.74) is 7.29. The van der Waals surface area contributed by atoms with Crippen LogP contribution in [0.5, 0.6) is 0 Å². The quantitative estimate of drug-likeness (QED) is 0.675. The van der Waals surface area contributed by atoms with Crippen LogP contribution < -0.4 is 10.6 Å². The van der Waals surface area contributed by atoms with Gasteiger partial charge in [-0.2, -0.15) is 0 Å². The first-order chi connectivity index (χ1) is 10.2. The molecule has 2 fully saturated rings. The van der Waals surface area contributed by atoms with E-state index in [-0.39, 0.29) is 0 Å². The Bertz CT molecular complexity index is 503. The molecule has 0 unspecified atom stereocenters. The number of halogens is 1. The lowest BCUT2D eigenvalue weighted by atomic mass is 10.2. The summed E-state index contributed by atoms with van der Waals surface area (Å²) in [6, 6.07) is 8.47. The molecule has 3 rings (SSSR count). The van der Waals surface area contributed by atoms with Gasteiger partial charge in [-0.15, -0.1) is 0 Å². The Morgan fingerprint density at radius 3 is 2.43 bits per heavy atom. The van der Waals surface area contributed by atoms with Gasteiger partial charge < -0.3 is 15.5 Å². The van der Waals surface area contributed by atoms with E-state index >= 15 is 0 Å². The van der Waals surface area contributed by atoms with Gasteiger partial charge in [-0.05, 0) is 25.0 Å². The van der Waals surface area contributed by atoms with Gasteiger partial charge in [0.05, 0.1) is 16.8 Å². The predicted molar refractivity (Wildman–Crippen MR) is 89.1 cm³/mol. The van der Waals surface area contributed by atoms with Crippen LogP contribution in [0, 0.1) is 0 Å². The molecule has 0 radical (unpaired) electrons. The van der Waals surface area contributed by atoms with E-state index < -0.39 is 0 Å². The van der Waals surface area contributed by atoms with E-state index in [4.69, 9.17) is 22.3 Å². The fourth-order valence-corrected chi connectivity index (χ4v) is 3.44. The highest BCUT2D eigenvalue weighted by molar-refractivity contribution is 6.33. The number of guanidine groups is 1. The lowest BCUT2D eigenvalue weighted by Crippen LogP contribution is -2.51. The fourth-order valence-electron chi connectivity index (χ4n) is 3.19. The lowest BCUT2D eigenvalue weighted by molar-refractivity contribution is 0.379. The Hall–Kier alpha value is -1.42. The van der Waals surface area contributed by atoms with Gasteiger partial charge in [0.15, 0.2) is 5.96 Å². The average Bonchev–Trinajstić information content (AvgIpc) is 3.01. The summed E-state index contributed by atoms with van der Waals surface area (Å²) in [7, 11) is 0. The smallest absolute Gasteiger partial charge is 0.191 e. The number of benzene rings is 1. The molecule has 114 valence electrons. The zero-order chi connectivity index (χ0) is 14.7. The molecule has 5 heteroatoms. The highest BCUT2D eigenvalue weighted by atomic mass is 35.5. The Balaban J connectivity index is 1.58. The van der Waals surface area contributed by atoms with Gasteiger partial charge in [-0.25, -0.2) is 4.99 Å². The highest BCUT2D eigenvalue weighted by Gasteiger charge is 2.21. The van der Waals surface area contributed by atoms with Crippen LogP contribution in [0.1, 0.15) is 25.7 Å². The van der Waals surface area contributed by atoms with Crippen LogP contribution in [0.3, 0.4) is 0 Å². The summed E-state index contributed by atoms with van der Waals surface area (Å²) < 4.78 is 0. The van der Waals surface area contributed by atoms with Crippen molar-refractivity contribution in [3.05, 3.63) is 29.3 Å². The summed E-state index contributed by atoms with van der Waals surface area (Å²) in [5.74, 6) is 0.723. The fraction of sp³-hybridized carbons (Fsp3) is 0.562. The maximum absolute atomic E-state index is 6.27. The maximum atomic E-state index is 6.27. The number of hydrogen-bond donors (Lipinski definition) is 1.